The summed E-state index contributed by atoms with van der Waals surface area (Å²) < 4.78 is 5.15. The van der Waals surface area contributed by atoms with Gasteiger partial charge in [0.1, 0.15) is 5.56 Å². The largest absolute Gasteiger partial charge is 0.393 e. The Labute approximate surface area is 101 Å². The minimum Gasteiger partial charge on any atom is -0.393 e. The van der Waals surface area contributed by atoms with Gasteiger partial charge in [-0.25, -0.2) is 0 Å². The molecule has 0 aliphatic heterocycles. The summed E-state index contributed by atoms with van der Waals surface area (Å²) >= 11 is 0. The number of carbonyl (C=O) groups excluding carboxylic acids is 1. The van der Waals surface area contributed by atoms with Crippen molar-refractivity contribution < 1.29 is 14.4 Å². The average Bonchev–Trinajstić information content (AvgIpc) is 2.59. The average molecular weight is 240 g/mol. The van der Waals surface area contributed by atoms with Crippen LogP contribution in [0.25, 0.3) is 0 Å². The van der Waals surface area contributed by atoms with Gasteiger partial charge in [0.2, 0.25) is 0 Å². The van der Waals surface area contributed by atoms with E-state index in [9.17, 15) is 4.79 Å². The van der Waals surface area contributed by atoms with E-state index in [1.807, 2.05) is 13.8 Å². The van der Waals surface area contributed by atoms with E-state index in [0.29, 0.717) is 30.0 Å². The molecule has 1 amide bonds. The van der Waals surface area contributed by atoms with Crippen LogP contribution in [0.15, 0.2) is 4.52 Å². The van der Waals surface area contributed by atoms with Crippen molar-refractivity contribution in [3.63, 3.8) is 0 Å². The monoisotopic (exact) mass is 240 g/mol. The molecule has 17 heavy (non-hydrogen) atoms. The fourth-order valence-electron chi connectivity index (χ4n) is 1.54. The molecule has 96 valence electrons. The third-order valence-corrected chi connectivity index (χ3v) is 2.49. The zero-order valence-corrected chi connectivity index (χ0v) is 10.8. The molecule has 0 aliphatic rings. The summed E-state index contributed by atoms with van der Waals surface area (Å²) in [7, 11) is 0. The lowest BCUT2D eigenvalue weighted by Crippen LogP contribution is -2.27. The van der Waals surface area contributed by atoms with Crippen molar-refractivity contribution in [2.24, 2.45) is 0 Å². The Morgan fingerprint density at radius 3 is 2.65 bits per heavy atom. The Kier molecular flexibility index (Phi) is 4.69. The van der Waals surface area contributed by atoms with Crippen LogP contribution in [0.4, 0.5) is 0 Å². The molecule has 0 saturated heterocycles. The molecule has 1 aromatic rings. The first-order valence-electron chi connectivity index (χ1n) is 5.86. The van der Waals surface area contributed by atoms with Crippen molar-refractivity contribution in [2.45, 2.75) is 46.1 Å². The van der Waals surface area contributed by atoms with E-state index in [4.69, 9.17) is 9.63 Å². The second-order valence-corrected chi connectivity index (χ2v) is 4.56. The maximum absolute atomic E-state index is 11.9. The summed E-state index contributed by atoms with van der Waals surface area (Å²) in [5.74, 6) is 0.541. The van der Waals surface area contributed by atoms with Crippen molar-refractivity contribution in [3.05, 3.63) is 17.0 Å². The number of hydrogen-bond donors (Lipinski definition) is 2. The molecule has 1 rings (SSSR count). The Morgan fingerprint density at radius 1 is 1.47 bits per heavy atom. The SMILES string of the molecule is Cc1noc(C(C)C)c1C(=O)NCCC(C)O. The van der Waals surface area contributed by atoms with Crippen LogP contribution in [0.3, 0.4) is 0 Å². The van der Waals surface area contributed by atoms with Crippen LogP contribution in [0.1, 0.15) is 54.9 Å². The predicted molar refractivity (Wildman–Crippen MR) is 64.0 cm³/mol. The van der Waals surface area contributed by atoms with Crippen molar-refractivity contribution >= 4 is 5.91 Å². The number of aryl methyl sites for hydroxylation is 1. The van der Waals surface area contributed by atoms with Gasteiger partial charge in [-0.15, -0.1) is 0 Å². The number of nitrogens with zero attached hydrogens (tertiary/aromatic N) is 1. The lowest BCUT2D eigenvalue weighted by molar-refractivity contribution is 0.0942. The van der Waals surface area contributed by atoms with E-state index in [-0.39, 0.29) is 11.8 Å². The van der Waals surface area contributed by atoms with Gasteiger partial charge in [0.05, 0.1) is 11.8 Å². The molecule has 1 heterocycles. The molecule has 1 atom stereocenters. The first-order chi connectivity index (χ1) is 7.93. The number of amides is 1. The summed E-state index contributed by atoms with van der Waals surface area (Å²) in [4.78, 5) is 11.9. The number of aliphatic hydroxyl groups excluding tert-OH is 1. The topological polar surface area (TPSA) is 75.4 Å². The van der Waals surface area contributed by atoms with Crippen molar-refractivity contribution in [2.75, 3.05) is 6.54 Å². The summed E-state index contributed by atoms with van der Waals surface area (Å²) in [6.07, 6.45) is 0.121. The van der Waals surface area contributed by atoms with Crippen LogP contribution in [0.2, 0.25) is 0 Å². The zero-order chi connectivity index (χ0) is 13.0. The second kappa shape index (κ2) is 5.82. The molecular weight excluding hydrogens is 220 g/mol. The van der Waals surface area contributed by atoms with Gasteiger partial charge >= 0.3 is 0 Å². The molecule has 0 bridgehead atoms. The highest BCUT2D eigenvalue weighted by Gasteiger charge is 2.22. The van der Waals surface area contributed by atoms with Crippen LogP contribution in [-0.4, -0.2) is 28.8 Å². The Balaban J connectivity index is 2.71. The summed E-state index contributed by atoms with van der Waals surface area (Å²) in [5, 5.41) is 15.7. The number of rotatable bonds is 5. The third kappa shape index (κ3) is 3.56. The standard InChI is InChI=1S/C12H20N2O3/c1-7(2)11-10(9(4)14-17-11)12(16)13-6-5-8(3)15/h7-8,15H,5-6H2,1-4H3,(H,13,16). The maximum Gasteiger partial charge on any atom is 0.256 e. The van der Waals surface area contributed by atoms with Gasteiger partial charge in [-0.1, -0.05) is 19.0 Å². The fourth-order valence-corrected chi connectivity index (χ4v) is 1.54. The number of hydrogen-bond acceptors (Lipinski definition) is 4. The van der Waals surface area contributed by atoms with Crippen LogP contribution in [0.5, 0.6) is 0 Å². The molecule has 0 radical (unpaired) electrons. The van der Waals surface area contributed by atoms with Crippen LogP contribution >= 0.6 is 0 Å². The minimum absolute atomic E-state index is 0.119. The molecule has 1 unspecified atom stereocenters. The van der Waals surface area contributed by atoms with Crippen molar-refractivity contribution in [1.29, 1.82) is 0 Å². The molecule has 0 aliphatic carbocycles. The zero-order valence-electron chi connectivity index (χ0n) is 10.8. The van der Waals surface area contributed by atoms with Crippen LogP contribution in [0, 0.1) is 6.92 Å². The van der Waals surface area contributed by atoms with Crippen LogP contribution in [-0.2, 0) is 0 Å². The quantitative estimate of drug-likeness (QED) is 0.819. The molecular formula is C12H20N2O3. The molecule has 5 nitrogen and oxygen atoms in total. The van der Waals surface area contributed by atoms with Gasteiger partial charge in [-0.2, -0.15) is 0 Å². The second-order valence-electron chi connectivity index (χ2n) is 4.56. The first kappa shape index (κ1) is 13.7. The predicted octanol–water partition coefficient (Wildman–Crippen LogP) is 1.61. The van der Waals surface area contributed by atoms with E-state index >= 15 is 0 Å². The highest BCUT2D eigenvalue weighted by atomic mass is 16.5. The lowest BCUT2D eigenvalue weighted by Gasteiger charge is -2.08. The van der Waals surface area contributed by atoms with Gasteiger partial charge in [0.25, 0.3) is 5.91 Å². The van der Waals surface area contributed by atoms with Gasteiger partial charge in [-0.3, -0.25) is 4.79 Å². The van der Waals surface area contributed by atoms with Gasteiger partial charge in [0.15, 0.2) is 5.76 Å². The van der Waals surface area contributed by atoms with E-state index < -0.39 is 6.10 Å². The van der Waals surface area contributed by atoms with E-state index in [2.05, 4.69) is 10.5 Å². The molecule has 0 saturated carbocycles. The van der Waals surface area contributed by atoms with Gasteiger partial charge < -0.3 is 14.9 Å². The van der Waals surface area contributed by atoms with E-state index in [1.54, 1.807) is 13.8 Å². The number of carbonyl (C=O) groups is 1. The normalized spacial score (nSPS) is 12.8. The fraction of sp³-hybridized carbons (Fsp3) is 0.667. The minimum atomic E-state index is -0.413. The summed E-state index contributed by atoms with van der Waals surface area (Å²) in [6, 6.07) is 0. The molecule has 1 aromatic heterocycles. The van der Waals surface area contributed by atoms with E-state index in [0.717, 1.165) is 0 Å². The maximum atomic E-state index is 11.9. The molecule has 5 heteroatoms. The van der Waals surface area contributed by atoms with Gasteiger partial charge in [0, 0.05) is 12.5 Å². The van der Waals surface area contributed by atoms with Crippen LogP contribution < -0.4 is 5.32 Å². The van der Waals surface area contributed by atoms with Crippen molar-refractivity contribution in [3.8, 4) is 0 Å². The number of nitrogens with one attached hydrogen (secondary N) is 1. The highest BCUT2D eigenvalue weighted by Crippen LogP contribution is 2.21. The summed E-state index contributed by atoms with van der Waals surface area (Å²) in [6.45, 7) is 7.78. The number of aliphatic hydroxyl groups is 1. The molecule has 0 aromatic carbocycles. The summed E-state index contributed by atoms with van der Waals surface area (Å²) in [5.41, 5.74) is 1.12. The molecule has 0 spiro atoms. The number of aromatic nitrogens is 1. The highest BCUT2D eigenvalue weighted by molar-refractivity contribution is 5.96. The Hall–Kier alpha value is -1.36. The van der Waals surface area contributed by atoms with E-state index in [1.165, 1.54) is 0 Å². The van der Waals surface area contributed by atoms with Crippen molar-refractivity contribution in [1.82, 2.24) is 10.5 Å². The molecule has 2 N–H and O–H groups in total. The lowest BCUT2D eigenvalue weighted by atomic mass is 10.0. The molecule has 0 fully saturated rings. The Bertz CT molecular complexity index is 383. The smallest absolute Gasteiger partial charge is 0.256 e. The Morgan fingerprint density at radius 2 is 2.12 bits per heavy atom. The van der Waals surface area contributed by atoms with Gasteiger partial charge in [-0.05, 0) is 20.3 Å². The third-order valence-electron chi connectivity index (χ3n) is 2.49. The first-order valence-corrected chi connectivity index (χ1v) is 5.86.